The van der Waals surface area contributed by atoms with Gasteiger partial charge in [0.1, 0.15) is 0 Å². The number of phenolic OH excluding ortho intramolecular Hbond substituents is 1. The number of benzene rings is 1. The smallest absolute Gasteiger partial charge is 0.160 e. The van der Waals surface area contributed by atoms with Gasteiger partial charge >= 0.3 is 0 Å². The summed E-state index contributed by atoms with van der Waals surface area (Å²) < 4.78 is 10.7. The van der Waals surface area contributed by atoms with E-state index in [9.17, 15) is 5.11 Å². The predicted molar refractivity (Wildman–Crippen MR) is 88.7 cm³/mol. The van der Waals surface area contributed by atoms with Crippen molar-refractivity contribution in [3.05, 3.63) is 23.8 Å². The standard InChI is InChI=1S/C18H29NO3/c1-21-18-9-8-16(15-17(18)20)7-5-13-22-14-6-12-19-10-3-2-4-11-19/h8-9,15,20H,2-7,10-14H2,1H3. The number of hydrogen-bond acceptors (Lipinski definition) is 4. The number of likely N-dealkylation sites (tertiary alicyclic amines) is 1. The quantitative estimate of drug-likeness (QED) is 0.711. The van der Waals surface area contributed by atoms with Crippen molar-refractivity contribution in [3.8, 4) is 11.5 Å². The molecule has 0 amide bonds. The number of phenols is 1. The summed E-state index contributed by atoms with van der Waals surface area (Å²) in [5, 5.41) is 9.73. The van der Waals surface area contributed by atoms with Crippen molar-refractivity contribution < 1.29 is 14.6 Å². The number of aryl methyl sites for hydroxylation is 1. The Bertz CT molecular complexity index is 430. The molecule has 1 N–H and O–H groups in total. The molecule has 0 aliphatic carbocycles. The topological polar surface area (TPSA) is 41.9 Å². The van der Waals surface area contributed by atoms with Gasteiger partial charge < -0.3 is 19.5 Å². The summed E-state index contributed by atoms with van der Waals surface area (Å²) >= 11 is 0. The summed E-state index contributed by atoms with van der Waals surface area (Å²) in [6, 6.07) is 5.58. The van der Waals surface area contributed by atoms with Crippen molar-refractivity contribution in [1.82, 2.24) is 4.90 Å². The maximum absolute atomic E-state index is 9.73. The Kier molecular flexibility index (Phi) is 7.54. The molecule has 1 fully saturated rings. The second-order valence-corrected chi connectivity index (χ2v) is 5.98. The van der Waals surface area contributed by atoms with Gasteiger partial charge in [0.15, 0.2) is 11.5 Å². The first-order valence-corrected chi connectivity index (χ1v) is 8.45. The van der Waals surface area contributed by atoms with Crippen molar-refractivity contribution in [2.24, 2.45) is 0 Å². The van der Waals surface area contributed by atoms with Crippen LogP contribution in [0.1, 0.15) is 37.7 Å². The number of ether oxygens (including phenoxy) is 2. The maximum Gasteiger partial charge on any atom is 0.160 e. The lowest BCUT2D eigenvalue weighted by molar-refractivity contribution is 0.115. The fourth-order valence-electron chi connectivity index (χ4n) is 2.94. The fraction of sp³-hybridized carbons (Fsp3) is 0.667. The summed E-state index contributed by atoms with van der Waals surface area (Å²) in [4.78, 5) is 2.55. The van der Waals surface area contributed by atoms with Gasteiger partial charge in [0.25, 0.3) is 0 Å². The molecule has 4 nitrogen and oxygen atoms in total. The molecule has 1 aliphatic rings. The molecule has 0 spiro atoms. The van der Waals surface area contributed by atoms with Crippen LogP contribution < -0.4 is 4.74 Å². The molecular formula is C18H29NO3. The molecule has 22 heavy (non-hydrogen) atoms. The van der Waals surface area contributed by atoms with Gasteiger partial charge in [-0.1, -0.05) is 12.5 Å². The van der Waals surface area contributed by atoms with Gasteiger partial charge in [-0.15, -0.1) is 0 Å². The third kappa shape index (κ3) is 5.85. The number of methoxy groups -OCH3 is 1. The SMILES string of the molecule is COc1ccc(CCCOCCCN2CCCCC2)cc1O. The van der Waals surface area contributed by atoms with Gasteiger partial charge in [-0.2, -0.15) is 0 Å². The van der Waals surface area contributed by atoms with Gasteiger partial charge in [-0.3, -0.25) is 0 Å². The molecule has 0 atom stereocenters. The first kappa shape index (κ1) is 17.1. The molecule has 1 aromatic rings. The average molecular weight is 307 g/mol. The van der Waals surface area contributed by atoms with E-state index in [1.54, 1.807) is 13.2 Å². The maximum atomic E-state index is 9.73. The summed E-state index contributed by atoms with van der Waals surface area (Å²) in [5.74, 6) is 0.736. The van der Waals surface area contributed by atoms with Crippen LogP contribution in [0, 0.1) is 0 Å². The summed E-state index contributed by atoms with van der Waals surface area (Å²) in [5.41, 5.74) is 1.12. The molecule has 0 unspecified atom stereocenters. The monoisotopic (exact) mass is 307 g/mol. The van der Waals surface area contributed by atoms with Crippen molar-refractivity contribution in [2.45, 2.75) is 38.5 Å². The molecule has 0 saturated carbocycles. The molecule has 4 heteroatoms. The van der Waals surface area contributed by atoms with Crippen LogP contribution >= 0.6 is 0 Å². The van der Waals surface area contributed by atoms with Crippen LogP contribution in [-0.2, 0) is 11.2 Å². The van der Waals surface area contributed by atoms with E-state index in [0.717, 1.165) is 38.0 Å². The minimum atomic E-state index is 0.211. The van der Waals surface area contributed by atoms with Crippen LogP contribution in [-0.4, -0.2) is 50.0 Å². The van der Waals surface area contributed by atoms with Crippen LogP contribution in [0.3, 0.4) is 0 Å². The molecule has 1 heterocycles. The van der Waals surface area contributed by atoms with Crippen LogP contribution in [0.2, 0.25) is 0 Å². The van der Waals surface area contributed by atoms with Gasteiger partial charge in [-0.25, -0.2) is 0 Å². The van der Waals surface area contributed by atoms with E-state index in [2.05, 4.69) is 4.90 Å². The number of aromatic hydroxyl groups is 1. The van der Waals surface area contributed by atoms with Crippen molar-refractivity contribution in [1.29, 1.82) is 0 Å². The second kappa shape index (κ2) is 9.70. The van der Waals surface area contributed by atoms with E-state index in [0.29, 0.717) is 5.75 Å². The highest BCUT2D eigenvalue weighted by molar-refractivity contribution is 5.41. The Hall–Kier alpha value is -1.26. The van der Waals surface area contributed by atoms with Gasteiger partial charge in [0.2, 0.25) is 0 Å². The minimum Gasteiger partial charge on any atom is -0.504 e. The molecule has 0 aromatic heterocycles. The first-order chi connectivity index (χ1) is 10.8. The lowest BCUT2D eigenvalue weighted by Gasteiger charge is -2.26. The second-order valence-electron chi connectivity index (χ2n) is 5.98. The Morgan fingerprint density at radius 1 is 1.09 bits per heavy atom. The Morgan fingerprint density at radius 2 is 1.86 bits per heavy atom. The average Bonchev–Trinajstić information content (AvgIpc) is 2.55. The zero-order valence-electron chi connectivity index (χ0n) is 13.7. The number of hydrogen-bond donors (Lipinski definition) is 1. The zero-order valence-corrected chi connectivity index (χ0v) is 13.7. The van der Waals surface area contributed by atoms with E-state index in [-0.39, 0.29) is 5.75 Å². The number of rotatable bonds is 9. The molecular weight excluding hydrogens is 278 g/mol. The fourth-order valence-corrected chi connectivity index (χ4v) is 2.94. The molecule has 0 bridgehead atoms. The molecule has 2 rings (SSSR count). The van der Waals surface area contributed by atoms with Crippen LogP contribution in [0.5, 0.6) is 11.5 Å². The zero-order chi connectivity index (χ0) is 15.6. The third-order valence-corrected chi connectivity index (χ3v) is 4.21. The highest BCUT2D eigenvalue weighted by atomic mass is 16.5. The summed E-state index contributed by atoms with van der Waals surface area (Å²) in [6.07, 6.45) is 7.14. The number of nitrogens with zero attached hydrogens (tertiary/aromatic N) is 1. The number of piperidine rings is 1. The largest absolute Gasteiger partial charge is 0.504 e. The van der Waals surface area contributed by atoms with E-state index in [4.69, 9.17) is 9.47 Å². The lowest BCUT2D eigenvalue weighted by Crippen LogP contribution is -2.31. The summed E-state index contributed by atoms with van der Waals surface area (Å²) in [6.45, 7) is 5.34. The van der Waals surface area contributed by atoms with Gasteiger partial charge in [-0.05, 0) is 62.9 Å². The normalized spacial score (nSPS) is 15.9. The van der Waals surface area contributed by atoms with E-state index in [1.165, 1.54) is 38.9 Å². The van der Waals surface area contributed by atoms with E-state index >= 15 is 0 Å². The molecule has 1 aromatic carbocycles. The first-order valence-electron chi connectivity index (χ1n) is 8.45. The third-order valence-electron chi connectivity index (χ3n) is 4.21. The molecule has 1 aliphatic heterocycles. The molecule has 1 saturated heterocycles. The van der Waals surface area contributed by atoms with Crippen molar-refractivity contribution in [2.75, 3.05) is 40.0 Å². The lowest BCUT2D eigenvalue weighted by atomic mass is 10.1. The predicted octanol–water partition coefficient (Wildman–Crippen LogP) is 3.23. The highest BCUT2D eigenvalue weighted by Gasteiger charge is 2.08. The Morgan fingerprint density at radius 3 is 2.59 bits per heavy atom. The minimum absolute atomic E-state index is 0.211. The molecule has 0 radical (unpaired) electrons. The van der Waals surface area contributed by atoms with Crippen LogP contribution in [0.4, 0.5) is 0 Å². The summed E-state index contributed by atoms with van der Waals surface area (Å²) in [7, 11) is 1.56. The van der Waals surface area contributed by atoms with Crippen LogP contribution in [0.25, 0.3) is 0 Å². The van der Waals surface area contributed by atoms with Crippen LogP contribution in [0.15, 0.2) is 18.2 Å². The highest BCUT2D eigenvalue weighted by Crippen LogP contribution is 2.26. The van der Waals surface area contributed by atoms with Crippen molar-refractivity contribution >= 4 is 0 Å². The van der Waals surface area contributed by atoms with E-state index < -0.39 is 0 Å². The van der Waals surface area contributed by atoms with Crippen molar-refractivity contribution in [3.63, 3.8) is 0 Å². The van der Waals surface area contributed by atoms with E-state index in [1.807, 2.05) is 12.1 Å². The Labute approximate surface area is 134 Å². The Balaban J connectivity index is 1.51. The molecule has 124 valence electrons. The van der Waals surface area contributed by atoms with Gasteiger partial charge in [0.05, 0.1) is 7.11 Å². The van der Waals surface area contributed by atoms with Gasteiger partial charge in [0, 0.05) is 19.8 Å².